The molecule has 0 radical (unpaired) electrons. The Bertz CT molecular complexity index is 1110. The number of carbonyl (C=O) groups is 1. The van der Waals surface area contributed by atoms with Crippen molar-refractivity contribution in [1.82, 2.24) is 14.9 Å². The van der Waals surface area contributed by atoms with Crippen molar-refractivity contribution < 1.29 is 9.53 Å². The van der Waals surface area contributed by atoms with E-state index < -0.39 is 0 Å². The van der Waals surface area contributed by atoms with Gasteiger partial charge < -0.3 is 15.0 Å². The number of amides is 1. The van der Waals surface area contributed by atoms with Crippen LogP contribution in [0.25, 0.3) is 0 Å². The van der Waals surface area contributed by atoms with Crippen molar-refractivity contribution in [1.29, 1.82) is 0 Å². The molecule has 1 aliphatic heterocycles. The van der Waals surface area contributed by atoms with E-state index in [2.05, 4.69) is 33.9 Å². The highest BCUT2D eigenvalue weighted by molar-refractivity contribution is 5.94. The molecular weight excluding hydrogens is 438 g/mol. The van der Waals surface area contributed by atoms with Crippen molar-refractivity contribution in [3.05, 3.63) is 77.7 Å². The summed E-state index contributed by atoms with van der Waals surface area (Å²) in [6.45, 7) is 12.0. The van der Waals surface area contributed by atoms with Crippen LogP contribution in [-0.4, -0.2) is 53.0 Å². The first kappa shape index (κ1) is 24.7. The number of piperazine rings is 1. The largest absolute Gasteiger partial charge is 0.489 e. The Hall–Kier alpha value is -3.45. The minimum Gasteiger partial charge on any atom is -0.489 e. The summed E-state index contributed by atoms with van der Waals surface area (Å²) < 4.78 is 5.83. The number of aryl methyl sites for hydroxylation is 1. The first-order chi connectivity index (χ1) is 16.9. The summed E-state index contributed by atoms with van der Waals surface area (Å²) in [6, 6.07) is 19.4. The van der Waals surface area contributed by atoms with Crippen molar-refractivity contribution in [3.63, 3.8) is 0 Å². The van der Waals surface area contributed by atoms with E-state index in [1.165, 1.54) is 0 Å². The number of nitrogens with one attached hydrogen (secondary N) is 1. The van der Waals surface area contributed by atoms with Gasteiger partial charge in [-0.3, -0.25) is 9.69 Å². The molecular formula is C28H35N5O2. The average Bonchev–Trinajstić information content (AvgIpc) is 2.88. The Kier molecular flexibility index (Phi) is 7.98. The molecule has 35 heavy (non-hydrogen) atoms. The fourth-order valence-corrected chi connectivity index (χ4v) is 4.12. The van der Waals surface area contributed by atoms with Crippen molar-refractivity contribution >= 4 is 17.4 Å². The molecule has 1 fully saturated rings. The maximum atomic E-state index is 12.9. The number of ether oxygens (including phenoxy) is 1. The quantitative estimate of drug-likeness (QED) is 0.514. The average molecular weight is 474 g/mol. The zero-order valence-corrected chi connectivity index (χ0v) is 21.1. The highest BCUT2D eigenvalue weighted by Crippen LogP contribution is 2.21. The smallest absolute Gasteiger partial charge is 0.241 e. The van der Waals surface area contributed by atoms with Gasteiger partial charge in [0, 0.05) is 49.5 Å². The molecule has 0 saturated carbocycles. The molecule has 7 nitrogen and oxygen atoms in total. The Morgan fingerprint density at radius 1 is 0.971 bits per heavy atom. The van der Waals surface area contributed by atoms with E-state index in [0.717, 1.165) is 60.5 Å². The summed E-state index contributed by atoms with van der Waals surface area (Å²) >= 11 is 0. The molecule has 1 aliphatic rings. The molecule has 184 valence electrons. The van der Waals surface area contributed by atoms with Crippen LogP contribution in [0, 0.1) is 6.92 Å². The van der Waals surface area contributed by atoms with Gasteiger partial charge in [0.2, 0.25) is 5.91 Å². The second kappa shape index (κ2) is 11.3. The maximum absolute atomic E-state index is 12.9. The number of rotatable bonds is 8. The third kappa shape index (κ3) is 6.57. The fraction of sp³-hybridized carbons (Fsp3) is 0.393. The van der Waals surface area contributed by atoms with Gasteiger partial charge in [-0.1, -0.05) is 44.2 Å². The lowest BCUT2D eigenvalue weighted by Crippen LogP contribution is -2.53. The van der Waals surface area contributed by atoms with Gasteiger partial charge in [0.1, 0.15) is 24.0 Å². The first-order valence-corrected chi connectivity index (χ1v) is 12.3. The Morgan fingerprint density at radius 3 is 2.31 bits per heavy atom. The standard InChI is InChI=1S/C28H35N5O2/c1-20(2)27-29-21(3)18-26(31-27)33-16-14-32(15-17-33)22(4)28(34)30-24-10-12-25(13-11-24)35-19-23-8-6-5-7-9-23/h5-13,18,20,22H,14-17,19H2,1-4H3,(H,30,34). The number of hydrogen-bond acceptors (Lipinski definition) is 6. The van der Waals surface area contributed by atoms with Crippen molar-refractivity contribution in [3.8, 4) is 5.75 Å². The number of aromatic nitrogens is 2. The number of benzene rings is 2. The first-order valence-electron chi connectivity index (χ1n) is 12.3. The molecule has 0 aliphatic carbocycles. The van der Waals surface area contributed by atoms with E-state index in [9.17, 15) is 4.79 Å². The predicted octanol–water partition coefficient (Wildman–Crippen LogP) is 4.64. The van der Waals surface area contributed by atoms with Crippen molar-refractivity contribution in [2.45, 2.75) is 46.3 Å². The number of nitrogens with zero attached hydrogens (tertiary/aromatic N) is 4. The van der Waals surface area contributed by atoms with Crippen LogP contribution in [0.1, 0.15) is 43.8 Å². The van der Waals surface area contributed by atoms with Gasteiger partial charge in [-0.25, -0.2) is 9.97 Å². The van der Waals surface area contributed by atoms with E-state index in [4.69, 9.17) is 9.72 Å². The minimum absolute atomic E-state index is 0.00335. The van der Waals surface area contributed by atoms with E-state index in [-0.39, 0.29) is 11.9 Å². The van der Waals surface area contributed by atoms with E-state index in [1.54, 1.807) is 0 Å². The highest BCUT2D eigenvalue weighted by Gasteiger charge is 2.26. The monoisotopic (exact) mass is 473 g/mol. The van der Waals surface area contributed by atoms with E-state index >= 15 is 0 Å². The van der Waals surface area contributed by atoms with Gasteiger partial charge in [0.25, 0.3) is 0 Å². The summed E-state index contributed by atoms with van der Waals surface area (Å²) in [5, 5.41) is 3.04. The topological polar surface area (TPSA) is 70.6 Å². The fourth-order valence-electron chi connectivity index (χ4n) is 4.12. The minimum atomic E-state index is -0.218. The van der Waals surface area contributed by atoms with Gasteiger partial charge in [-0.05, 0) is 43.7 Å². The Balaban J connectivity index is 1.27. The molecule has 0 spiro atoms. The van der Waals surface area contributed by atoms with Crippen LogP contribution in [0.15, 0.2) is 60.7 Å². The zero-order chi connectivity index (χ0) is 24.8. The normalized spacial score (nSPS) is 15.2. The molecule has 2 aromatic carbocycles. The van der Waals surface area contributed by atoms with Crippen molar-refractivity contribution in [2.75, 3.05) is 36.4 Å². The number of hydrogen-bond donors (Lipinski definition) is 1. The van der Waals surface area contributed by atoms with Crippen LogP contribution < -0.4 is 15.0 Å². The van der Waals surface area contributed by atoms with Crippen LogP contribution in [0.3, 0.4) is 0 Å². The predicted molar refractivity (Wildman–Crippen MR) is 140 cm³/mol. The van der Waals surface area contributed by atoms with Gasteiger partial charge in [0.05, 0.1) is 6.04 Å². The molecule has 2 heterocycles. The second-order valence-corrected chi connectivity index (χ2v) is 9.37. The molecule has 4 rings (SSSR count). The zero-order valence-electron chi connectivity index (χ0n) is 21.1. The molecule has 1 atom stereocenters. The summed E-state index contributed by atoms with van der Waals surface area (Å²) in [7, 11) is 0. The molecule has 1 N–H and O–H groups in total. The molecule has 7 heteroatoms. The summed E-state index contributed by atoms with van der Waals surface area (Å²) in [5.74, 6) is 2.93. The lowest BCUT2D eigenvalue weighted by molar-refractivity contribution is -0.120. The Morgan fingerprint density at radius 2 is 1.66 bits per heavy atom. The third-order valence-electron chi connectivity index (χ3n) is 6.31. The SMILES string of the molecule is Cc1cc(N2CCN(C(C)C(=O)Nc3ccc(OCc4ccccc4)cc3)CC2)nc(C(C)C)n1. The number of anilines is 2. The summed E-state index contributed by atoms with van der Waals surface area (Å²) in [6.07, 6.45) is 0. The molecule has 0 bridgehead atoms. The van der Waals surface area contributed by atoms with Gasteiger partial charge in [0.15, 0.2) is 0 Å². The highest BCUT2D eigenvalue weighted by atomic mass is 16.5. The van der Waals surface area contributed by atoms with E-state index in [0.29, 0.717) is 12.5 Å². The third-order valence-corrected chi connectivity index (χ3v) is 6.31. The van der Waals surface area contributed by atoms with Gasteiger partial charge in [-0.2, -0.15) is 0 Å². The molecule has 1 amide bonds. The van der Waals surface area contributed by atoms with Crippen molar-refractivity contribution in [2.24, 2.45) is 0 Å². The lowest BCUT2D eigenvalue weighted by Gasteiger charge is -2.38. The van der Waals surface area contributed by atoms with Crippen LogP contribution in [0.5, 0.6) is 5.75 Å². The Labute approximate surface area is 208 Å². The number of carbonyl (C=O) groups excluding carboxylic acids is 1. The molecule has 1 unspecified atom stereocenters. The van der Waals surface area contributed by atoms with Crippen LogP contribution in [-0.2, 0) is 11.4 Å². The summed E-state index contributed by atoms with van der Waals surface area (Å²) in [4.78, 5) is 26.7. The molecule has 1 aromatic heterocycles. The lowest BCUT2D eigenvalue weighted by atomic mass is 10.2. The van der Waals surface area contributed by atoms with E-state index in [1.807, 2.05) is 74.5 Å². The van der Waals surface area contributed by atoms with Gasteiger partial charge >= 0.3 is 0 Å². The van der Waals surface area contributed by atoms with Crippen LogP contribution in [0.4, 0.5) is 11.5 Å². The molecule has 3 aromatic rings. The van der Waals surface area contributed by atoms with Crippen LogP contribution >= 0.6 is 0 Å². The second-order valence-electron chi connectivity index (χ2n) is 9.37. The molecule has 1 saturated heterocycles. The maximum Gasteiger partial charge on any atom is 0.241 e. The van der Waals surface area contributed by atoms with Crippen LogP contribution in [0.2, 0.25) is 0 Å². The van der Waals surface area contributed by atoms with Gasteiger partial charge in [-0.15, -0.1) is 0 Å². The summed E-state index contributed by atoms with van der Waals surface area (Å²) in [5.41, 5.74) is 2.88.